The smallest absolute Gasteiger partial charge is 0.343 e. The molecule has 0 unspecified atom stereocenters. The number of aliphatic imine (C=N–C) groups is 1. The summed E-state index contributed by atoms with van der Waals surface area (Å²) in [5.74, 6) is 0.157. The average Bonchev–Trinajstić information content (AvgIpc) is 3.01. The molecule has 0 heterocycles. The van der Waals surface area contributed by atoms with Crippen molar-refractivity contribution in [2.45, 2.75) is 77.7 Å². The van der Waals surface area contributed by atoms with Crippen LogP contribution in [-0.2, 0) is 12.8 Å². The van der Waals surface area contributed by atoms with Crippen molar-refractivity contribution in [2.24, 2.45) is 4.99 Å². The van der Waals surface area contributed by atoms with Gasteiger partial charge in [0.2, 0.25) is 0 Å². The topological polar surface area (TPSA) is 38.7 Å². The normalized spacial score (nSPS) is 12.0. The van der Waals surface area contributed by atoms with Crippen LogP contribution in [0.15, 0.2) is 108 Å². The highest BCUT2D eigenvalue weighted by Gasteiger charge is 2.09. The number of unbranched alkanes of at least 4 members (excludes halogenated alkanes) is 6. The molecule has 4 aromatic rings. The molecular weight excluding hydrogens is 502 g/mol. The van der Waals surface area contributed by atoms with Crippen molar-refractivity contribution in [3.63, 3.8) is 0 Å². The molecule has 0 aliphatic carbocycles. The van der Waals surface area contributed by atoms with E-state index in [0.29, 0.717) is 11.3 Å². The van der Waals surface area contributed by atoms with E-state index < -0.39 is 0 Å². The van der Waals surface area contributed by atoms with Crippen LogP contribution in [0.25, 0.3) is 11.1 Å². The minimum absolute atomic E-state index is 0.186. The first kappa shape index (κ1) is 30.0. The Hall–Kier alpha value is -3.98. The van der Waals surface area contributed by atoms with E-state index >= 15 is 0 Å². The zero-order chi connectivity index (χ0) is 28.7. The molecule has 0 N–H and O–H groups in total. The summed E-state index contributed by atoms with van der Waals surface area (Å²) >= 11 is 0. The van der Waals surface area contributed by atoms with Gasteiger partial charge in [0.25, 0.3) is 0 Å². The first-order valence-corrected chi connectivity index (χ1v) is 15.2. The fourth-order valence-electron chi connectivity index (χ4n) is 4.96. The SMILES string of the molecule is CCCCCCCCCc1ccc(-c2ccc(C(=O)Oc3ccc(C=N[C@@H](C)Cc4ccccc4)cc3)cc2)cc1. The van der Waals surface area contributed by atoms with E-state index in [0.717, 1.165) is 29.5 Å². The summed E-state index contributed by atoms with van der Waals surface area (Å²) < 4.78 is 5.61. The summed E-state index contributed by atoms with van der Waals surface area (Å²) in [5, 5.41) is 0. The van der Waals surface area contributed by atoms with Gasteiger partial charge in [-0.05, 0) is 90.4 Å². The molecule has 0 amide bonds. The van der Waals surface area contributed by atoms with Gasteiger partial charge < -0.3 is 4.74 Å². The van der Waals surface area contributed by atoms with Crippen LogP contribution in [0, 0.1) is 0 Å². The van der Waals surface area contributed by atoms with E-state index in [1.165, 1.54) is 56.1 Å². The molecule has 41 heavy (non-hydrogen) atoms. The maximum absolute atomic E-state index is 12.7. The van der Waals surface area contributed by atoms with Crippen molar-refractivity contribution in [3.05, 3.63) is 125 Å². The molecule has 4 aromatic carbocycles. The van der Waals surface area contributed by atoms with E-state index in [9.17, 15) is 4.79 Å². The summed E-state index contributed by atoms with van der Waals surface area (Å²) in [7, 11) is 0. The molecule has 4 rings (SSSR count). The molecule has 0 bridgehead atoms. The molecule has 0 saturated carbocycles. The minimum Gasteiger partial charge on any atom is -0.423 e. The highest BCUT2D eigenvalue weighted by atomic mass is 16.5. The first-order chi connectivity index (χ1) is 20.1. The monoisotopic (exact) mass is 545 g/mol. The van der Waals surface area contributed by atoms with Crippen molar-refractivity contribution in [1.29, 1.82) is 0 Å². The third kappa shape index (κ3) is 10.2. The van der Waals surface area contributed by atoms with Gasteiger partial charge in [-0.3, -0.25) is 4.99 Å². The molecule has 3 nitrogen and oxygen atoms in total. The second-order valence-electron chi connectivity index (χ2n) is 10.9. The van der Waals surface area contributed by atoms with Gasteiger partial charge >= 0.3 is 5.97 Å². The third-order valence-electron chi connectivity index (χ3n) is 7.42. The number of aryl methyl sites for hydroxylation is 1. The van der Waals surface area contributed by atoms with E-state index in [4.69, 9.17) is 4.74 Å². The molecule has 0 saturated heterocycles. The van der Waals surface area contributed by atoms with E-state index in [-0.39, 0.29) is 12.0 Å². The van der Waals surface area contributed by atoms with Gasteiger partial charge in [0.1, 0.15) is 5.75 Å². The van der Waals surface area contributed by atoms with Crippen LogP contribution in [0.2, 0.25) is 0 Å². The van der Waals surface area contributed by atoms with E-state index in [1.807, 2.05) is 60.8 Å². The lowest BCUT2D eigenvalue weighted by Gasteiger charge is -2.08. The molecular formula is C38H43NO2. The lowest BCUT2D eigenvalue weighted by Crippen LogP contribution is -2.08. The molecule has 0 spiro atoms. The molecule has 0 fully saturated rings. The molecule has 212 valence electrons. The van der Waals surface area contributed by atoms with E-state index in [2.05, 4.69) is 67.4 Å². The number of carbonyl (C=O) groups excluding carboxylic acids is 1. The van der Waals surface area contributed by atoms with E-state index in [1.54, 1.807) is 0 Å². The van der Waals surface area contributed by atoms with Gasteiger partial charge in [-0.15, -0.1) is 0 Å². The highest BCUT2D eigenvalue weighted by Crippen LogP contribution is 2.22. The third-order valence-corrected chi connectivity index (χ3v) is 7.42. The Kier molecular flexibility index (Phi) is 11.9. The lowest BCUT2D eigenvalue weighted by molar-refractivity contribution is 0.0735. The highest BCUT2D eigenvalue weighted by molar-refractivity contribution is 5.91. The summed E-state index contributed by atoms with van der Waals surface area (Å²) in [6.45, 7) is 4.37. The van der Waals surface area contributed by atoms with Gasteiger partial charge in [-0.25, -0.2) is 4.79 Å². The van der Waals surface area contributed by atoms with Crippen molar-refractivity contribution < 1.29 is 9.53 Å². The quantitative estimate of drug-likeness (QED) is 0.0645. The van der Waals surface area contributed by atoms with Crippen LogP contribution in [0.5, 0.6) is 5.75 Å². The van der Waals surface area contributed by atoms with Crippen LogP contribution >= 0.6 is 0 Å². The maximum atomic E-state index is 12.7. The largest absolute Gasteiger partial charge is 0.423 e. The fraction of sp³-hybridized carbons (Fsp3) is 0.316. The fourth-order valence-corrected chi connectivity index (χ4v) is 4.96. The average molecular weight is 546 g/mol. The van der Waals surface area contributed by atoms with Gasteiger partial charge in [-0.2, -0.15) is 0 Å². The number of rotatable bonds is 15. The Morgan fingerprint density at radius 2 is 1.32 bits per heavy atom. The van der Waals surface area contributed by atoms with Crippen molar-refractivity contribution in [2.75, 3.05) is 0 Å². The number of hydrogen-bond acceptors (Lipinski definition) is 3. The number of esters is 1. The second-order valence-corrected chi connectivity index (χ2v) is 10.9. The van der Waals surface area contributed by atoms with Crippen molar-refractivity contribution >= 4 is 12.2 Å². The minimum atomic E-state index is -0.362. The molecule has 0 aliphatic heterocycles. The number of carbonyl (C=O) groups is 1. The summed E-state index contributed by atoms with van der Waals surface area (Å²) in [6.07, 6.45) is 13.2. The first-order valence-electron chi connectivity index (χ1n) is 15.2. The van der Waals surface area contributed by atoms with Gasteiger partial charge in [0.05, 0.1) is 11.6 Å². The number of hydrogen-bond donors (Lipinski definition) is 0. The zero-order valence-corrected chi connectivity index (χ0v) is 24.6. The summed E-state index contributed by atoms with van der Waals surface area (Å²) in [6, 6.07) is 34.5. The summed E-state index contributed by atoms with van der Waals surface area (Å²) in [4.78, 5) is 17.4. The zero-order valence-electron chi connectivity index (χ0n) is 24.6. The number of ether oxygens (including phenoxy) is 1. The Morgan fingerprint density at radius 1 is 0.707 bits per heavy atom. The second kappa shape index (κ2) is 16.3. The molecule has 0 aliphatic rings. The molecule has 1 atom stereocenters. The Bertz CT molecular complexity index is 1340. The number of benzene rings is 4. The standard InChI is InChI=1S/C38H43NO2/c1-3-4-5-6-7-8-10-13-31-16-20-34(21-17-31)35-22-24-36(25-23-35)38(40)41-37-26-18-33(19-27-37)29-39-30(2)28-32-14-11-9-12-15-32/h9,11-12,14-27,29-30H,3-8,10,13,28H2,1-2H3/t30-/m0/s1. The van der Waals surface area contributed by atoms with Gasteiger partial charge in [-0.1, -0.05) is 112 Å². The predicted molar refractivity (Wildman–Crippen MR) is 172 cm³/mol. The van der Waals surface area contributed by atoms with Crippen molar-refractivity contribution in [1.82, 2.24) is 0 Å². The Morgan fingerprint density at radius 3 is 1.98 bits per heavy atom. The molecule has 0 aromatic heterocycles. The van der Waals surface area contributed by atoms with Crippen LogP contribution < -0.4 is 4.74 Å². The molecule has 0 radical (unpaired) electrons. The van der Waals surface area contributed by atoms with Crippen molar-refractivity contribution in [3.8, 4) is 16.9 Å². The van der Waals surface area contributed by atoms with Gasteiger partial charge in [0, 0.05) is 6.21 Å². The Balaban J connectivity index is 1.23. The van der Waals surface area contributed by atoms with Crippen LogP contribution in [0.1, 0.15) is 85.8 Å². The van der Waals surface area contributed by atoms with Gasteiger partial charge in [0.15, 0.2) is 0 Å². The van der Waals surface area contributed by atoms with Crippen LogP contribution in [0.4, 0.5) is 0 Å². The van der Waals surface area contributed by atoms with Crippen LogP contribution in [-0.4, -0.2) is 18.2 Å². The summed E-state index contributed by atoms with van der Waals surface area (Å²) in [5.41, 5.74) is 6.42. The lowest BCUT2D eigenvalue weighted by atomic mass is 10.00. The maximum Gasteiger partial charge on any atom is 0.343 e. The Labute approximate surface area is 246 Å². The predicted octanol–water partition coefficient (Wildman–Crippen LogP) is 9.92. The number of nitrogens with zero attached hydrogens (tertiary/aromatic N) is 1. The van der Waals surface area contributed by atoms with Crippen LogP contribution in [0.3, 0.4) is 0 Å². The molecule has 3 heteroatoms.